The van der Waals surface area contributed by atoms with Gasteiger partial charge in [0.25, 0.3) is 0 Å². The third kappa shape index (κ3) is 4.54. The van der Waals surface area contributed by atoms with Gasteiger partial charge < -0.3 is 5.32 Å². The van der Waals surface area contributed by atoms with Crippen LogP contribution in [0.25, 0.3) is 0 Å². The van der Waals surface area contributed by atoms with Crippen molar-refractivity contribution in [3.8, 4) is 0 Å². The van der Waals surface area contributed by atoms with E-state index in [4.69, 9.17) is 0 Å². The number of sulfone groups is 1. The first-order chi connectivity index (χ1) is 8.34. The van der Waals surface area contributed by atoms with Crippen LogP contribution in [-0.4, -0.2) is 32.0 Å². The molecule has 0 saturated heterocycles. The van der Waals surface area contributed by atoms with Crippen LogP contribution in [0.2, 0.25) is 0 Å². The van der Waals surface area contributed by atoms with Crippen molar-refractivity contribution in [2.45, 2.75) is 64.7 Å². The lowest BCUT2D eigenvalue weighted by atomic mass is 9.86. The Hall–Kier alpha value is -0.0900. The molecule has 3 nitrogen and oxygen atoms in total. The van der Waals surface area contributed by atoms with Crippen molar-refractivity contribution in [1.29, 1.82) is 0 Å². The van der Waals surface area contributed by atoms with E-state index in [0.29, 0.717) is 18.5 Å². The molecule has 0 amide bonds. The van der Waals surface area contributed by atoms with Gasteiger partial charge in [0.1, 0.15) is 0 Å². The van der Waals surface area contributed by atoms with Gasteiger partial charge in [0.15, 0.2) is 9.84 Å². The SMILES string of the molecule is CC(C)C(C)S(=O)(=O)CCNC1CCCCC1C. The highest BCUT2D eigenvalue weighted by molar-refractivity contribution is 7.92. The lowest BCUT2D eigenvalue weighted by Crippen LogP contribution is -2.40. The van der Waals surface area contributed by atoms with Crippen LogP contribution < -0.4 is 5.32 Å². The number of hydrogen-bond donors (Lipinski definition) is 1. The largest absolute Gasteiger partial charge is 0.313 e. The number of nitrogens with one attached hydrogen (secondary N) is 1. The maximum Gasteiger partial charge on any atom is 0.154 e. The Kier molecular flexibility index (Phi) is 6.12. The molecule has 3 atom stereocenters. The quantitative estimate of drug-likeness (QED) is 0.810. The van der Waals surface area contributed by atoms with Crippen molar-refractivity contribution in [3.05, 3.63) is 0 Å². The molecule has 1 saturated carbocycles. The van der Waals surface area contributed by atoms with Crippen LogP contribution in [0.5, 0.6) is 0 Å². The smallest absolute Gasteiger partial charge is 0.154 e. The molecule has 1 fully saturated rings. The van der Waals surface area contributed by atoms with E-state index in [1.54, 1.807) is 0 Å². The third-order valence-electron chi connectivity index (χ3n) is 4.41. The number of hydrogen-bond acceptors (Lipinski definition) is 3. The Balaban J connectivity index is 2.36. The van der Waals surface area contributed by atoms with E-state index in [1.807, 2.05) is 20.8 Å². The Morgan fingerprint density at radius 3 is 2.33 bits per heavy atom. The molecule has 1 aliphatic rings. The van der Waals surface area contributed by atoms with Crippen molar-refractivity contribution in [3.63, 3.8) is 0 Å². The van der Waals surface area contributed by atoms with Gasteiger partial charge in [-0.15, -0.1) is 0 Å². The van der Waals surface area contributed by atoms with Gasteiger partial charge >= 0.3 is 0 Å². The first-order valence-corrected chi connectivity index (χ1v) is 9.01. The Labute approximate surface area is 113 Å². The summed E-state index contributed by atoms with van der Waals surface area (Å²) in [6, 6.07) is 0.517. The predicted octanol–water partition coefficient (Wildman–Crippen LogP) is 2.61. The van der Waals surface area contributed by atoms with E-state index >= 15 is 0 Å². The summed E-state index contributed by atoms with van der Waals surface area (Å²) in [4.78, 5) is 0. The second kappa shape index (κ2) is 6.90. The minimum Gasteiger partial charge on any atom is -0.313 e. The van der Waals surface area contributed by atoms with E-state index < -0.39 is 9.84 Å². The Bertz CT molecular complexity index is 338. The Morgan fingerprint density at radius 2 is 1.78 bits per heavy atom. The summed E-state index contributed by atoms with van der Waals surface area (Å²) in [7, 11) is -2.94. The first kappa shape index (κ1) is 16.0. The third-order valence-corrected chi connectivity index (χ3v) is 6.86. The molecule has 0 aliphatic heterocycles. The van der Waals surface area contributed by atoms with E-state index in [2.05, 4.69) is 12.2 Å². The van der Waals surface area contributed by atoms with Gasteiger partial charge in [0, 0.05) is 12.6 Å². The molecule has 4 heteroatoms. The average molecular weight is 275 g/mol. The minimum atomic E-state index is -2.94. The fourth-order valence-corrected chi connectivity index (χ4v) is 4.21. The molecule has 0 bridgehead atoms. The molecule has 3 unspecified atom stereocenters. The van der Waals surface area contributed by atoms with Crippen molar-refractivity contribution in [2.24, 2.45) is 11.8 Å². The standard InChI is InChI=1S/C14H29NO2S/c1-11(2)13(4)18(16,17)10-9-15-14-8-6-5-7-12(14)3/h11-15H,5-10H2,1-4H3. The molecular formula is C14H29NO2S. The Morgan fingerprint density at radius 1 is 1.17 bits per heavy atom. The molecule has 0 heterocycles. The van der Waals surface area contributed by atoms with Crippen molar-refractivity contribution in [2.75, 3.05) is 12.3 Å². The van der Waals surface area contributed by atoms with Crippen LogP contribution in [0.3, 0.4) is 0 Å². The molecule has 18 heavy (non-hydrogen) atoms. The molecule has 0 aromatic carbocycles. The summed E-state index contributed by atoms with van der Waals surface area (Å²) in [6.07, 6.45) is 5.06. The fourth-order valence-electron chi connectivity index (χ4n) is 2.61. The van der Waals surface area contributed by atoms with Gasteiger partial charge in [-0.1, -0.05) is 33.6 Å². The summed E-state index contributed by atoms with van der Waals surface area (Å²) in [5.74, 6) is 1.16. The molecule has 1 N–H and O–H groups in total. The van der Waals surface area contributed by atoms with E-state index in [-0.39, 0.29) is 16.9 Å². The highest BCUT2D eigenvalue weighted by atomic mass is 32.2. The summed E-state index contributed by atoms with van der Waals surface area (Å²) in [5.41, 5.74) is 0. The zero-order valence-electron chi connectivity index (χ0n) is 12.3. The average Bonchev–Trinajstić information content (AvgIpc) is 2.30. The maximum absolute atomic E-state index is 12.1. The molecule has 0 aromatic rings. The van der Waals surface area contributed by atoms with Crippen molar-refractivity contribution in [1.82, 2.24) is 5.32 Å². The minimum absolute atomic E-state index is 0.198. The van der Waals surface area contributed by atoms with Gasteiger partial charge in [-0.2, -0.15) is 0 Å². The topological polar surface area (TPSA) is 46.2 Å². The summed E-state index contributed by atoms with van der Waals surface area (Å²) in [5, 5.41) is 3.21. The zero-order chi connectivity index (χ0) is 13.8. The molecular weight excluding hydrogens is 246 g/mol. The van der Waals surface area contributed by atoms with Crippen LogP contribution >= 0.6 is 0 Å². The molecule has 0 spiro atoms. The van der Waals surface area contributed by atoms with Crippen LogP contribution in [0, 0.1) is 11.8 Å². The molecule has 1 aliphatic carbocycles. The second-order valence-corrected chi connectivity index (χ2v) is 8.62. The predicted molar refractivity (Wildman–Crippen MR) is 77.5 cm³/mol. The molecule has 1 rings (SSSR count). The summed E-state index contributed by atoms with van der Waals surface area (Å²) in [6.45, 7) is 8.64. The first-order valence-electron chi connectivity index (χ1n) is 7.29. The highest BCUT2D eigenvalue weighted by Crippen LogP contribution is 2.23. The van der Waals surface area contributed by atoms with E-state index in [1.165, 1.54) is 25.7 Å². The summed E-state index contributed by atoms with van der Waals surface area (Å²) < 4.78 is 24.1. The molecule has 0 aromatic heterocycles. The maximum atomic E-state index is 12.1. The van der Waals surface area contributed by atoms with E-state index in [9.17, 15) is 8.42 Å². The molecule has 0 radical (unpaired) electrons. The van der Waals surface area contributed by atoms with Gasteiger partial charge in [-0.3, -0.25) is 0 Å². The molecule has 108 valence electrons. The lowest BCUT2D eigenvalue weighted by molar-refractivity contribution is 0.285. The van der Waals surface area contributed by atoms with E-state index in [0.717, 1.165) is 0 Å². The van der Waals surface area contributed by atoms with Gasteiger partial charge in [0.05, 0.1) is 11.0 Å². The van der Waals surface area contributed by atoms with Crippen molar-refractivity contribution < 1.29 is 8.42 Å². The summed E-state index contributed by atoms with van der Waals surface area (Å²) >= 11 is 0. The monoisotopic (exact) mass is 275 g/mol. The zero-order valence-corrected chi connectivity index (χ0v) is 13.1. The van der Waals surface area contributed by atoms with Crippen LogP contribution in [0.15, 0.2) is 0 Å². The van der Waals surface area contributed by atoms with Gasteiger partial charge in [0.2, 0.25) is 0 Å². The van der Waals surface area contributed by atoms with Gasteiger partial charge in [-0.05, 0) is 31.6 Å². The second-order valence-electron chi connectivity index (χ2n) is 6.14. The lowest BCUT2D eigenvalue weighted by Gasteiger charge is -2.29. The van der Waals surface area contributed by atoms with Crippen LogP contribution in [-0.2, 0) is 9.84 Å². The number of rotatable bonds is 6. The fraction of sp³-hybridized carbons (Fsp3) is 1.00. The normalized spacial score (nSPS) is 27.4. The van der Waals surface area contributed by atoms with Crippen LogP contribution in [0.4, 0.5) is 0 Å². The van der Waals surface area contributed by atoms with Gasteiger partial charge in [-0.25, -0.2) is 8.42 Å². The van der Waals surface area contributed by atoms with Crippen molar-refractivity contribution >= 4 is 9.84 Å². The highest BCUT2D eigenvalue weighted by Gasteiger charge is 2.25. The van der Waals surface area contributed by atoms with Crippen LogP contribution in [0.1, 0.15) is 53.4 Å².